The van der Waals surface area contributed by atoms with Gasteiger partial charge in [0.25, 0.3) is 0 Å². The summed E-state index contributed by atoms with van der Waals surface area (Å²) in [5.41, 5.74) is 12.6. The van der Waals surface area contributed by atoms with Crippen LogP contribution < -0.4 is 38.1 Å². The first-order chi connectivity index (χ1) is 26.8. The number of hydrogen-bond acceptors (Lipinski definition) is 7. The lowest BCUT2D eigenvalue weighted by atomic mass is 9.97. The highest BCUT2D eigenvalue weighted by Gasteiger charge is 2.30. The Hall–Kier alpha value is -5.27. The monoisotopic (exact) mass is 777 g/mol. The third-order valence-corrected chi connectivity index (χ3v) is 9.65. The van der Waals surface area contributed by atoms with E-state index < -0.39 is 59.6 Å². The molecule has 0 aliphatic carbocycles. The van der Waals surface area contributed by atoms with Crippen LogP contribution >= 0.6 is 0 Å². The largest absolute Gasteiger partial charge is 0.370 e. The van der Waals surface area contributed by atoms with Crippen LogP contribution in [0.4, 0.5) is 0 Å². The lowest BCUT2D eigenvalue weighted by Gasteiger charge is -2.26. The van der Waals surface area contributed by atoms with Crippen LogP contribution in [0, 0.1) is 5.92 Å². The maximum atomic E-state index is 13.2. The van der Waals surface area contributed by atoms with Gasteiger partial charge >= 0.3 is 0 Å². The number of carbonyl (C=O) groups is 7. The summed E-state index contributed by atoms with van der Waals surface area (Å²) in [5.74, 6) is -3.61. The van der Waals surface area contributed by atoms with Crippen LogP contribution in [0.25, 0.3) is 0 Å². The quantitative estimate of drug-likeness (QED) is 0.0638. The first-order valence-corrected chi connectivity index (χ1v) is 19.9. The van der Waals surface area contributed by atoms with Gasteiger partial charge in [0.05, 0.1) is 6.42 Å². The zero-order valence-corrected chi connectivity index (χ0v) is 33.3. The number of amides is 7. The van der Waals surface area contributed by atoms with Crippen molar-refractivity contribution in [1.82, 2.24) is 26.6 Å². The molecule has 0 saturated heterocycles. The molecular weight excluding hydrogens is 715 g/mol. The fraction of sp³-hybridized carbons (Fsp3) is 0.548. The summed E-state index contributed by atoms with van der Waals surface area (Å²) >= 11 is 0. The van der Waals surface area contributed by atoms with Crippen molar-refractivity contribution in [3.05, 3.63) is 71.8 Å². The number of unbranched alkanes of at least 4 members (excludes halogenated alkanes) is 8. The van der Waals surface area contributed by atoms with Gasteiger partial charge < -0.3 is 38.1 Å². The predicted octanol–water partition coefficient (Wildman–Crippen LogP) is 2.85. The van der Waals surface area contributed by atoms with E-state index in [0.717, 1.165) is 62.5 Å². The van der Waals surface area contributed by atoms with Crippen LogP contribution in [0.5, 0.6) is 0 Å². The summed E-state index contributed by atoms with van der Waals surface area (Å²) in [6.07, 6.45) is 9.39. The van der Waals surface area contributed by atoms with Gasteiger partial charge in [-0.25, -0.2) is 0 Å². The normalized spacial score (nSPS) is 13.6. The topological polar surface area (TPSA) is 232 Å². The van der Waals surface area contributed by atoms with Gasteiger partial charge in [0.2, 0.25) is 41.4 Å². The maximum absolute atomic E-state index is 13.2. The second-order valence-electron chi connectivity index (χ2n) is 14.5. The predicted molar refractivity (Wildman–Crippen MR) is 215 cm³/mol. The molecule has 0 saturated carbocycles. The Kier molecular flexibility index (Phi) is 22.2. The van der Waals surface area contributed by atoms with Crippen molar-refractivity contribution in [2.75, 3.05) is 6.54 Å². The van der Waals surface area contributed by atoms with E-state index in [1.807, 2.05) is 74.5 Å². The number of hydrogen-bond donors (Lipinski definition) is 7. The molecule has 0 heterocycles. The molecule has 0 aliphatic rings. The second kappa shape index (κ2) is 26.5. The lowest BCUT2D eigenvalue weighted by molar-refractivity contribution is -0.133. The molecule has 5 atom stereocenters. The molecular formula is C42H63N7O7. The third kappa shape index (κ3) is 19.4. The number of benzene rings is 2. The number of nitrogens with one attached hydrogen (secondary N) is 5. The van der Waals surface area contributed by atoms with E-state index in [1.165, 1.54) is 6.92 Å². The Morgan fingerprint density at radius 3 is 1.59 bits per heavy atom. The van der Waals surface area contributed by atoms with E-state index in [2.05, 4.69) is 26.6 Å². The SMILES string of the molecule is CCC(C)[C@H](NC(=O)CCCCCCCCCCCNC(=O)[C@H](CC(N)=O)NC(=O)[C@H](Cc1ccccc1)NC(C)=O)C(=O)N[C@@H](Cc1ccccc1)C(N)=O. The van der Waals surface area contributed by atoms with Crippen LogP contribution in [-0.4, -0.2) is 72.1 Å². The van der Waals surface area contributed by atoms with E-state index in [9.17, 15) is 33.6 Å². The first-order valence-electron chi connectivity index (χ1n) is 19.9. The zero-order chi connectivity index (χ0) is 41.3. The molecule has 308 valence electrons. The van der Waals surface area contributed by atoms with Crippen molar-refractivity contribution in [3.63, 3.8) is 0 Å². The summed E-state index contributed by atoms with van der Waals surface area (Å²) in [7, 11) is 0. The van der Waals surface area contributed by atoms with Crippen molar-refractivity contribution >= 4 is 41.4 Å². The van der Waals surface area contributed by atoms with Gasteiger partial charge in [-0.05, 0) is 29.9 Å². The molecule has 14 heteroatoms. The van der Waals surface area contributed by atoms with Crippen molar-refractivity contribution in [1.29, 1.82) is 0 Å². The van der Waals surface area contributed by atoms with Gasteiger partial charge in [0.1, 0.15) is 24.2 Å². The molecule has 0 spiro atoms. The van der Waals surface area contributed by atoms with Crippen LogP contribution in [-0.2, 0) is 46.4 Å². The molecule has 9 N–H and O–H groups in total. The molecule has 1 unspecified atom stereocenters. The summed E-state index contributed by atoms with van der Waals surface area (Å²) in [6.45, 7) is 5.52. The number of nitrogens with two attached hydrogens (primary N) is 2. The standard InChI is InChI=1S/C42H63N7O7/c1-4-29(2)38(42(56)47-33(39(44)53)26-31-20-14-12-15-21-31)49-37(52)24-18-10-8-6-5-7-9-11-19-25-45-40(54)35(28-36(43)51)48-41(55)34(46-30(3)50)27-32-22-16-13-17-23-32/h12-17,20-23,29,33-35,38H,4-11,18-19,24-28H2,1-3H3,(H2,43,51)(H2,44,53)(H,45,54)(H,46,50)(H,47,56)(H,48,55)(H,49,52)/t29?,33-,34-,35-,38-/m0/s1. The molecule has 2 aromatic rings. The van der Waals surface area contributed by atoms with Crippen LogP contribution in [0.15, 0.2) is 60.7 Å². The Morgan fingerprint density at radius 1 is 0.589 bits per heavy atom. The van der Waals surface area contributed by atoms with E-state index in [4.69, 9.17) is 11.5 Å². The molecule has 56 heavy (non-hydrogen) atoms. The molecule has 0 bridgehead atoms. The molecule has 0 fully saturated rings. The van der Waals surface area contributed by atoms with Crippen molar-refractivity contribution < 1.29 is 33.6 Å². The van der Waals surface area contributed by atoms with Crippen molar-refractivity contribution in [2.45, 2.75) is 135 Å². The summed E-state index contributed by atoms with van der Waals surface area (Å²) in [6, 6.07) is 14.7. The van der Waals surface area contributed by atoms with Gasteiger partial charge in [0.15, 0.2) is 0 Å². The fourth-order valence-corrected chi connectivity index (χ4v) is 6.25. The Labute approximate surface area is 331 Å². The van der Waals surface area contributed by atoms with Gasteiger partial charge in [0, 0.05) is 32.7 Å². The Balaban J connectivity index is 1.64. The van der Waals surface area contributed by atoms with Crippen molar-refractivity contribution in [2.24, 2.45) is 17.4 Å². The van der Waals surface area contributed by atoms with Gasteiger partial charge in [-0.3, -0.25) is 33.6 Å². The molecule has 2 aromatic carbocycles. The minimum Gasteiger partial charge on any atom is -0.370 e. The molecule has 14 nitrogen and oxygen atoms in total. The minimum atomic E-state index is -1.16. The average molecular weight is 778 g/mol. The first kappa shape index (κ1) is 46.9. The van der Waals surface area contributed by atoms with Crippen LogP contribution in [0.2, 0.25) is 0 Å². The summed E-state index contributed by atoms with van der Waals surface area (Å²) < 4.78 is 0. The lowest BCUT2D eigenvalue weighted by Crippen LogP contribution is -2.55. The zero-order valence-electron chi connectivity index (χ0n) is 33.3. The number of carbonyl (C=O) groups excluding carboxylic acids is 7. The molecule has 2 rings (SSSR count). The van der Waals surface area contributed by atoms with Gasteiger partial charge in [-0.2, -0.15) is 0 Å². The minimum absolute atomic E-state index is 0.132. The summed E-state index contributed by atoms with van der Waals surface area (Å²) in [4.78, 5) is 87.4. The highest BCUT2D eigenvalue weighted by atomic mass is 16.2. The number of primary amides is 2. The maximum Gasteiger partial charge on any atom is 0.243 e. The Bertz CT molecular complexity index is 1540. The average Bonchev–Trinajstić information content (AvgIpc) is 3.16. The molecule has 0 radical (unpaired) electrons. The number of rotatable bonds is 28. The van der Waals surface area contributed by atoms with Gasteiger partial charge in [-0.1, -0.05) is 126 Å². The smallest absolute Gasteiger partial charge is 0.243 e. The Morgan fingerprint density at radius 2 is 1.09 bits per heavy atom. The van der Waals surface area contributed by atoms with Crippen LogP contribution in [0.3, 0.4) is 0 Å². The van der Waals surface area contributed by atoms with E-state index >= 15 is 0 Å². The van der Waals surface area contributed by atoms with Gasteiger partial charge in [-0.15, -0.1) is 0 Å². The van der Waals surface area contributed by atoms with E-state index in [-0.39, 0.29) is 31.1 Å². The summed E-state index contributed by atoms with van der Waals surface area (Å²) in [5, 5.41) is 13.6. The van der Waals surface area contributed by atoms with Crippen molar-refractivity contribution in [3.8, 4) is 0 Å². The second-order valence-corrected chi connectivity index (χ2v) is 14.5. The molecule has 7 amide bonds. The van der Waals surface area contributed by atoms with E-state index in [1.54, 1.807) is 0 Å². The highest BCUT2D eigenvalue weighted by Crippen LogP contribution is 2.13. The highest BCUT2D eigenvalue weighted by molar-refractivity contribution is 5.94. The van der Waals surface area contributed by atoms with E-state index in [0.29, 0.717) is 25.8 Å². The van der Waals surface area contributed by atoms with Crippen LogP contribution in [0.1, 0.15) is 109 Å². The third-order valence-electron chi connectivity index (χ3n) is 9.65. The fourth-order valence-electron chi connectivity index (χ4n) is 6.25. The molecule has 0 aliphatic heterocycles. The molecule has 0 aromatic heterocycles.